The van der Waals surface area contributed by atoms with Crippen molar-refractivity contribution in [3.63, 3.8) is 0 Å². The van der Waals surface area contributed by atoms with Gasteiger partial charge in [-0.1, -0.05) is 17.7 Å². The highest BCUT2D eigenvalue weighted by atomic mass is 32.2. The predicted octanol–water partition coefficient (Wildman–Crippen LogP) is 2.85. The number of carbonyl (C=O) groups excluding carboxylic acids is 1. The molecule has 1 aliphatic heterocycles. The molecule has 28 heavy (non-hydrogen) atoms. The number of methoxy groups -OCH3 is 1. The van der Waals surface area contributed by atoms with Gasteiger partial charge in [-0.3, -0.25) is 4.79 Å². The normalized spacial score (nSPS) is 15.3. The van der Waals surface area contributed by atoms with Gasteiger partial charge in [0.2, 0.25) is 0 Å². The fourth-order valence-corrected chi connectivity index (χ4v) is 4.98. The van der Waals surface area contributed by atoms with Gasteiger partial charge >= 0.3 is 0 Å². The Kier molecular flexibility index (Phi) is 6.24. The van der Waals surface area contributed by atoms with E-state index in [1.54, 1.807) is 36.3 Å². The minimum atomic E-state index is -3.42. The first-order valence-corrected chi connectivity index (χ1v) is 10.8. The van der Waals surface area contributed by atoms with Crippen LogP contribution >= 0.6 is 0 Å². The molecule has 0 radical (unpaired) electrons. The van der Waals surface area contributed by atoms with Gasteiger partial charge in [-0.25, -0.2) is 8.42 Å². The highest BCUT2D eigenvalue weighted by Crippen LogP contribution is 2.26. The van der Waals surface area contributed by atoms with Gasteiger partial charge in [-0.2, -0.15) is 0 Å². The number of nitrogens with zero attached hydrogens (tertiary/aromatic N) is 1. The second-order valence-electron chi connectivity index (χ2n) is 6.90. The van der Waals surface area contributed by atoms with Crippen LogP contribution in [0.2, 0.25) is 0 Å². The van der Waals surface area contributed by atoms with E-state index in [1.807, 2.05) is 31.2 Å². The molecule has 2 aromatic rings. The summed E-state index contributed by atoms with van der Waals surface area (Å²) in [7, 11) is -1.88. The molecule has 0 aliphatic carbocycles. The molecule has 6 nitrogen and oxygen atoms in total. The number of aryl methyl sites for hydroxylation is 1. The van der Waals surface area contributed by atoms with Gasteiger partial charge in [0.15, 0.2) is 16.4 Å². The van der Waals surface area contributed by atoms with Crippen molar-refractivity contribution in [2.45, 2.75) is 29.9 Å². The Morgan fingerprint density at radius 2 is 1.57 bits per heavy atom. The summed E-state index contributed by atoms with van der Waals surface area (Å²) < 4.78 is 36.3. The fraction of sp³-hybridized carbons (Fsp3) is 0.381. The lowest BCUT2D eigenvalue weighted by atomic mass is 10.1. The molecular formula is C21H25NO5S. The average molecular weight is 404 g/mol. The number of piperidine rings is 1. The van der Waals surface area contributed by atoms with Crippen LogP contribution in [-0.4, -0.2) is 51.3 Å². The predicted molar refractivity (Wildman–Crippen MR) is 106 cm³/mol. The van der Waals surface area contributed by atoms with E-state index in [0.29, 0.717) is 42.3 Å². The molecule has 0 saturated carbocycles. The monoisotopic (exact) mass is 403 g/mol. The van der Waals surface area contributed by atoms with E-state index in [1.165, 1.54) is 0 Å². The van der Waals surface area contributed by atoms with Crippen molar-refractivity contribution in [2.75, 3.05) is 26.8 Å². The third kappa shape index (κ3) is 4.65. The van der Waals surface area contributed by atoms with Gasteiger partial charge in [0.25, 0.3) is 5.91 Å². The van der Waals surface area contributed by atoms with Gasteiger partial charge < -0.3 is 14.4 Å². The zero-order valence-corrected chi connectivity index (χ0v) is 16.9. The summed E-state index contributed by atoms with van der Waals surface area (Å²) in [5, 5.41) is -0.483. The first-order chi connectivity index (χ1) is 13.4. The summed E-state index contributed by atoms with van der Waals surface area (Å²) >= 11 is 0. The van der Waals surface area contributed by atoms with Gasteiger partial charge in [0, 0.05) is 13.1 Å². The minimum absolute atomic E-state index is 0.0427. The quantitative estimate of drug-likeness (QED) is 0.742. The molecule has 1 amide bonds. The molecule has 2 aromatic carbocycles. The molecule has 0 N–H and O–H groups in total. The van der Waals surface area contributed by atoms with Crippen LogP contribution in [0.5, 0.6) is 11.5 Å². The summed E-state index contributed by atoms with van der Waals surface area (Å²) in [5.41, 5.74) is 1.12. The number of hydrogen-bond acceptors (Lipinski definition) is 5. The van der Waals surface area contributed by atoms with Crippen molar-refractivity contribution in [3.05, 3.63) is 54.1 Å². The van der Waals surface area contributed by atoms with E-state index in [4.69, 9.17) is 9.47 Å². The second-order valence-corrected chi connectivity index (χ2v) is 9.13. The van der Waals surface area contributed by atoms with Crippen molar-refractivity contribution in [3.8, 4) is 11.5 Å². The van der Waals surface area contributed by atoms with Gasteiger partial charge in [0.1, 0.15) is 11.5 Å². The van der Waals surface area contributed by atoms with Crippen LogP contribution in [0.3, 0.4) is 0 Å². The zero-order chi connectivity index (χ0) is 20.1. The Labute approximate surface area is 166 Å². The van der Waals surface area contributed by atoms with Crippen LogP contribution < -0.4 is 9.47 Å². The van der Waals surface area contributed by atoms with Gasteiger partial charge in [-0.05, 0) is 56.2 Å². The summed E-state index contributed by atoms with van der Waals surface area (Å²) in [6, 6.07) is 13.9. The Bertz CT molecular complexity index is 899. The molecule has 3 rings (SSSR count). The van der Waals surface area contributed by atoms with E-state index in [-0.39, 0.29) is 12.5 Å². The van der Waals surface area contributed by atoms with E-state index < -0.39 is 15.1 Å². The largest absolute Gasteiger partial charge is 0.497 e. The smallest absolute Gasteiger partial charge is 0.260 e. The number of carbonyl (C=O) groups is 1. The van der Waals surface area contributed by atoms with Crippen molar-refractivity contribution in [1.82, 2.24) is 4.90 Å². The van der Waals surface area contributed by atoms with E-state index in [9.17, 15) is 13.2 Å². The number of ether oxygens (including phenoxy) is 2. The van der Waals surface area contributed by atoms with Crippen LogP contribution in [0.1, 0.15) is 18.4 Å². The highest BCUT2D eigenvalue weighted by molar-refractivity contribution is 7.92. The van der Waals surface area contributed by atoms with Crippen LogP contribution in [0.25, 0.3) is 0 Å². The third-order valence-electron chi connectivity index (χ3n) is 5.00. The van der Waals surface area contributed by atoms with Gasteiger partial charge in [-0.15, -0.1) is 0 Å². The maximum Gasteiger partial charge on any atom is 0.260 e. The maximum atomic E-state index is 12.8. The summed E-state index contributed by atoms with van der Waals surface area (Å²) in [6.45, 7) is 2.77. The summed E-state index contributed by atoms with van der Waals surface area (Å²) in [6.07, 6.45) is 0.843. The summed E-state index contributed by atoms with van der Waals surface area (Å²) in [4.78, 5) is 14.3. The SMILES string of the molecule is COc1ccc(S(=O)(=O)C2CCN(C(=O)COc3ccc(C)cc3)CC2)cc1. The van der Waals surface area contributed by atoms with E-state index >= 15 is 0 Å². The first-order valence-electron chi connectivity index (χ1n) is 9.25. The van der Waals surface area contributed by atoms with Crippen LogP contribution in [0.15, 0.2) is 53.4 Å². The molecule has 1 aliphatic rings. The van der Waals surface area contributed by atoms with Crippen LogP contribution in [0.4, 0.5) is 0 Å². The number of rotatable bonds is 6. The first kappa shape index (κ1) is 20.2. The van der Waals surface area contributed by atoms with Gasteiger partial charge in [0.05, 0.1) is 17.3 Å². The van der Waals surface area contributed by atoms with E-state index in [2.05, 4.69) is 0 Å². The van der Waals surface area contributed by atoms with E-state index in [0.717, 1.165) is 5.56 Å². The molecule has 1 saturated heterocycles. The molecule has 150 valence electrons. The lowest BCUT2D eigenvalue weighted by molar-refractivity contribution is -0.134. The topological polar surface area (TPSA) is 72.9 Å². The standard InChI is InChI=1S/C21H25NO5S/c1-16-3-5-18(6-4-16)27-15-21(23)22-13-11-20(12-14-22)28(24,25)19-9-7-17(26-2)8-10-19/h3-10,20H,11-15H2,1-2H3. The molecule has 0 atom stereocenters. The molecule has 1 heterocycles. The van der Waals surface area contributed by atoms with Crippen LogP contribution in [0, 0.1) is 6.92 Å². The van der Waals surface area contributed by atoms with Crippen molar-refractivity contribution < 1.29 is 22.7 Å². The molecule has 0 aromatic heterocycles. The number of benzene rings is 2. The summed E-state index contributed by atoms with van der Waals surface area (Å²) in [5.74, 6) is 1.14. The lowest BCUT2D eigenvalue weighted by Crippen LogP contribution is -2.44. The maximum absolute atomic E-state index is 12.8. The second kappa shape index (κ2) is 8.65. The van der Waals surface area contributed by atoms with Crippen molar-refractivity contribution in [1.29, 1.82) is 0 Å². The Hall–Kier alpha value is -2.54. The molecule has 1 fully saturated rings. The Balaban J connectivity index is 1.54. The fourth-order valence-electron chi connectivity index (χ4n) is 3.24. The Morgan fingerprint density at radius 1 is 1.00 bits per heavy atom. The number of sulfone groups is 1. The van der Waals surface area contributed by atoms with Crippen molar-refractivity contribution >= 4 is 15.7 Å². The number of amides is 1. The molecule has 0 unspecified atom stereocenters. The number of likely N-dealkylation sites (tertiary alicyclic amines) is 1. The molecule has 7 heteroatoms. The molecule has 0 spiro atoms. The minimum Gasteiger partial charge on any atom is -0.497 e. The van der Waals surface area contributed by atoms with Crippen molar-refractivity contribution in [2.24, 2.45) is 0 Å². The Morgan fingerprint density at radius 3 is 2.14 bits per heavy atom. The average Bonchev–Trinajstić information content (AvgIpc) is 2.73. The number of hydrogen-bond donors (Lipinski definition) is 0. The zero-order valence-electron chi connectivity index (χ0n) is 16.1. The van der Waals surface area contributed by atoms with Crippen LogP contribution in [-0.2, 0) is 14.6 Å². The molecular weight excluding hydrogens is 378 g/mol. The third-order valence-corrected chi connectivity index (χ3v) is 7.28. The highest BCUT2D eigenvalue weighted by Gasteiger charge is 2.32. The lowest BCUT2D eigenvalue weighted by Gasteiger charge is -2.31. The molecule has 0 bridgehead atoms.